The highest BCUT2D eigenvalue weighted by atomic mass is 16.4. The molecule has 1 aliphatic heterocycles. The number of anilines is 2. The van der Waals surface area contributed by atoms with E-state index < -0.39 is 5.97 Å². The van der Waals surface area contributed by atoms with Crippen molar-refractivity contribution in [2.24, 2.45) is 0 Å². The molecule has 8 heteroatoms. The smallest absolute Gasteiger partial charge is 0.341 e. The van der Waals surface area contributed by atoms with Crippen molar-refractivity contribution < 1.29 is 14.7 Å². The first-order chi connectivity index (χ1) is 8.30. The standard InChI is InChI=1S/C10H13N5O3/c1-10(2)4-15(9(18)14-10)8-12-3-5(7(16)17)6(11)13-8/h3H,4H2,1-2H3,(H,14,18)(H,16,17)(H2,11,12,13). The summed E-state index contributed by atoms with van der Waals surface area (Å²) >= 11 is 0. The summed E-state index contributed by atoms with van der Waals surface area (Å²) in [5.41, 5.74) is 4.94. The fourth-order valence-electron chi connectivity index (χ4n) is 1.71. The molecule has 0 bridgehead atoms. The van der Waals surface area contributed by atoms with Gasteiger partial charge in [-0.3, -0.25) is 4.90 Å². The van der Waals surface area contributed by atoms with Crippen LogP contribution in [0.1, 0.15) is 24.2 Å². The van der Waals surface area contributed by atoms with Crippen LogP contribution in [0.15, 0.2) is 6.20 Å². The molecule has 1 aliphatic rings. The summed E-state index contributed by atoms with van der Waals surface area (Å²) in [6, 6.07) is -0.331. The highest BCUT2D eigenvalue weighted by Gasteiger charge is 2.37. The predicted molar refractivity (Wildman–Crippen MR) is 63.4 cm³/mol. The highest BCUT2D eigenvalue weighted by molar-refractivity contribution is 5.95. The fourth-order valence-corrected chi connectivity index (χ4v) is 1.71. The second kappa shape index (κ2) is 3.83. The molecule has 8 nitrogen and oxygen atoms in total. The summed E-state index contributed by atoms with van der Waals surface area (Å²) in [7, 11) is 0. The van der Waals surface area contributed by atoms with Crippen molar-refractivity contribution in [2.75, 3.05) is 17.2 Å². The SMILES string of the molecule is CC1(C)CN(c2ncc(C(=O)O)c(N)n2)C(=O)N1. The van der Waals surface area contributed by atoms with Crippen LogP contribution in [-0.2, 0) is 0 Å². The molecule has 4 N–H and O–H groups in total. The molecule has 0 aliphatic carbocycles. The van der Waals surface area contributed by atoms with Crippen molar-refractivity contribution in [3.05, 3.63) is 11.8 Å². The Morgan fingerprint density at radius 2 is 2.28 bits per heavy atom. The van der Waals surface area contributed by atoms with Crippen LogP contribution in [0, 0.1) is 0 Å². The summed E-state index contributed by atoms with van der Waals surface area (Å²) in [4.78, 5) is 31.5. The lowest BCUT2D eigenvalue weighted by atomic mass is 10.1. The number of nitrogen functional groups attached to an aromatic ring is 1. The Hall–Kier alpha value is -2.38. The van der Waals surface area contributed by atoms with Crippen LogP contribution < -0.4 is 16.0 Å². The molecule has 0 atom stereocenters. The number of nitrogens with zero attached hydrogens (tertiary/aromatic N) is 3. The van der Waals surface area contributed by atoms with E-state index in [4.69, 9.17) is 10.8 Å². The van der Waals surface area contributed by atoms with Gasteiger partial charge in [0.05, 0.1) is 12.1 Å². The van der Waals surface area contributed by atoms with Crippen LogP contribution in [-0.4, -0.2) is 39.2 Å². The summed E-state index contributed by atoms with van der Waals surface area (Å²) in [6.07, 6.45) is 1.10. The van der Waals surface area contributed by atoms with Gasteiger partial charge in [0.2, 0.25) is 5.95 Å². The number of aromatic nitrogens is 2. The van der Waals surface area contributed by atoms with Gasteiger partial charge < -0.3 is 16.2 Å². The lowest BCUT2D eigenvalue weighted by Gasteiger charge is -2.16. The van der Waals surface area contributed by atoms with Crippen molar-refractivity contribution in [3.63, 3.8) is 0 Å². The average Bonchev–Trinajstić information content (AvgIpc) is 2.51. The summed E-state index contributed by atoms with van der Waals surface area (Å²) < 4.78 is 0. The Kier molecular flexibility index (Phi) is 2.57. The molecule has 1 aromatic rings. The van der Waals surface area contributed by atoms with E-state index in [1.807, 2.05) is 13.8 Å². The number of urea groups is 1. The molecule has 1 aromatic heterocycles. The van der Waals surface area contributed by atoms with Crippen LogP contribution in [0.3, 0.4) is 0 Å². The number of hydrogen-bond acceptors (Lipinski definition) is 5. The number of carboxylic acid groups (broad SMARTS) is 1. The van der Waals surface area contributed by atoms with Crippen LogP contribution >= 0.6 is 0 Å². The monoisotopic (exact) mass is 251 g/mol. The number of aromatic carboxylic acids is 1. The Balaban J connectivity index is 2.33. The zero-order valence-corrected chi connectivity index (χ0v) is 9.97. The first kappa shape index (κ1) is 12.1. The zero-order valence-electron chi connectivity index (χ0n) is 9.97. The summed E-state index contributed by atoms with van der Waals surface area (Å²) in [5.74, 6) is -1.27. The minimum absolute atomic E-state index is 0.0978. The van der Waals surface area contributed by atoms with E-state index in [1.54, 1.807) is 0 Å². The first-order valence-corrected chi connectivity index (χ1v) is 5.26. The van der Waals surface area contributed by atoms with Gasteiger partial charge in [0.1, 0.15) is 11.4 Å². The lowest BCUT2D eigenvalue weighted by Crippen LogP contribution is -2.36. The third-order valence-corrected chi connectivity index (χ3v) is 2.52. The average molecular weight is 251 g/mol. The van der Waals surface area contributed by atoms with Crippen molar-refractivity contribution in [1.82, 2.24) is 15.3 Å². The Morgan fingerprint density at radius 3 is 2.72 bits per heavy atom. The van der Waals surface area contributed by atoms with Gasteiger partial charge in [0.15, 0.2) is 0 Å². The number of carboxylic acids is 1. The molecule has 2 amide bonds. The molecule has 18 heavy (non-hydrogen) atoms. The second-order valence-electron chi connectivity index (χ2n) is 4.67. The van der Waals surface area contributed by atoms with Crippen molar-refractivity contribution >= 4 is 23.8 Å². The van der Waals surface area contributed by atoms with Gasteiger partial charge in [-0.15, -0.1) is 0 Å². The molecule has 0 saturated carbocycles. The molecule has 0 aromatic carbocycles. The summed E-state index contributed by atoms with van der Waals surface area (Å²) in [6.45, 7) is 4.11. The second-order valence-corrected chi connectivity index (χ2v) is 4.67. The molecule has 0 radical (unpaired) electrons. The first-order valence-electron chi connectivity index (χ1n) is 5.26. The number of carbonyl (C=O) groups is 2. The molecular weight excluding hydrogens is 238 g/mol. The topological polar surface area (TPSA) is 121 Å². The molecule has 0 spiro atoms. The number of nitrogens with two attached hydrogens (primary N) is 1. The number of carbonyl (C=O) groups excluding carboxylic acids is 1. The number of amides is 2. The maximum absolute atomic E-state index is 11.7. The predicted octanol–water partition coefficient (Wildman–Crippen LogP) is 0.0652. The Morgan fingerprint density at radius 1 is 1.61 bits per heavy atom. The van der Waals surface area contributed by atoms with Crippen molar-refractivity contribution in [1.29, 1.82) is 0 Å². The third-order valence-electron chi connectivity index (χ3n) is 2.52. The number of hydrogen-bond donors (Lipinski definition) is 3. The van der Waals surface area contributed by atoms with E-state index in [1.165, 1.54) is 4.90 Å². The van der Waals surface area contributed by atoms with Gasteiger partial charge in [0.25, 0.3) is 0 Å². The molecule has 2 rings (SSSR count). The largest absolute Gasteiger partial charge is 0.477 e. The van der Waals surface area contributed by atoms with Gasteiger partial charge in [-0.2, -0.15) is 4.98 Å². The third kappa shape index (κ3) is 2.04. The van der Waals surface area contributed by atoms with Gasteiger partial charge >= 0.3 is 12.0 Å². The molecule has 1 saturated heterocycles. The van der Waals surface area contributed by atoms with Gasteiger partial charge in [-0.05, 0) is 13.8 Å². The zero-order chi connectivity index (χ0) is 13.5. The summed E-state index contributed by atoms with van der Waals surface area (Å²) in [5, 5.41) is 11.6. The van der Waals surface area contributed by atoms with E-state index in [2.05, 4.69) is 15.3 Å². The normalized spacial score (nSPS) is 17.7. The highest BCUT2D eigenvalue weighted by Crippen LogP contribution is 2.21. The van der Waals surface area contributed by atoms with Crippen molar-refractivity contribution in [3.8, 4) is 0 Å². The molecule has 0 unspecified atom stereocenters. The van der Waals surface area contributed by atoms with E-state index >= 15 is 0 Å². The molecule has 96 valence electrons. The Labute approximate surface area is 103 Å². The lowest BCUT2D eigenvalue weighted by molar-refractivity contribution is 0.0697. The van der Waals surface area contributed by atoms with E-state index in [-0.39, 0.29) is 28.9 Å². The van der Waals surface area contributed by atoms with Crippen LogP contribution in [0.4, 0.5) is 16.6 Å². The quantitative estimate of drug-likeness (QED) is 0.683. The fraction of sp³-hybridized carbons (Fsp3) is 0.400. The molecule has 2 heterocycles. The maximum atomic E-state index is 11.7. The van der Waals surface area contributed by atoms with Crippen LogP contribution in [0.5, 0.6) is 0 Å². The maximum Gasteiger partial charge on any atom is 0.341 e. The molecular formula is C10H13N5O3. The van der Waals surface area contributed by atoms with Gasteiger partial charge in [0, 0.05) is 6.20 Å². The van der Waals surface area contributed by atoms with Crippen LogP contribution in [0.2, 0.25) is 0 Å². The van der Waals surface area contributed by atoms with Crippen molar-refractivity contribution in [2.45, 2.75) is 19.4 Å². The Bertz CT molecular complexity index is 528. The minimum atomic E-state index is -1.20. The van der Waals surface area contributed by atoms with Crippen LogP contribution in [0.25, 0.3) is 0 Å². The van der Waals surface area contributed by atoms with E-state index in [9.17, 15) is 9.59 Å². The number of rotatable bonds is 2. The van der Waals surface area contributed by atoms with E-state index in [0.29, 0.717) is 6.54 Å². The molecule has 1 fully saturated rings. The number of nitrogens with one attached hydrogen (secondary N) is 1. The van der Waals surface area contributed by atoms with Gasteiger partial charge in [-0.25, -0.2) is 14.6 Å². The minimum Gasteiger partial charge on any atom is -0.477 e. The van der Waals surface area contributed by atoms with Gasteiger partial charge in [-0.1, -0.05) is 0 Å². The van der Waals surface area contributed by atoms with E-state index in [0.717, 1.165) is 6.20 Å².